The van der Waals surface area contributed by atoms with Gasteiger partial charge in [-0.15, -0.1) is 0 Å². The van der Waals surface area contributed by atoms with Crippen molar-refractivity contribution in [3.8, 4) is 0 Å². The molecule has 1 heteroatoms. The summed E-state index contributed by atoms with van der Waals surface area (Å²) in [6.45, 7) is 3.17. The van der Waals surface area contributed by atoms with E-state index in [1.165, 1.54) is 24.0 Å². The maximum atomic E-state index is 3.14. The van der Waals surface area contributed by atoms with Crippen LogP contribution in [0.4, 0.5) is 0 Å². The Hall–Kier alpha value is -0.820. The first-order valence-corrected chi connectivity index (χ1v) is 4.59. The Balaban J connectivity index is -0.000000480. The van der Waals surface area contributed by atoms with E-state index in [9.17, 15) is 0 Å². The van der Waals surface area contributed by atoms with Gasteiger partial charge in [-0.3, -0.25) is 0 Å². The van der Waals surface area contributed by atoms with Crippen LogP contribution in [0.5, 0.6) is 0 Å². The highest BCUT2D eigenvalue weighted by Crippen LogP contribution is 2.05. The number of aryl methyl sites for hydroxylation is 1. The monoisotopic (exact) mass is 211 g/mol. The second-order valence-corrected chi connectivity index (χ2v) is 3.10. The maximum absolute atomic E-state index is 3.14. The van der Waals surface area contributed by atoms with Gasteiger partial charge in [0.25, 0.3) is 0 Å². The summed E-state index contributed by atoms with van der Waals surface area (Å²) in [6.07, 6.45) is 2.42. The predicted octanol–water partition coefficient (Wildman–Crippen LogP) is 4.27. The Morgan fingerprint density at radius 2 is 1.40 bits per heavy atom. The van der Waals surface area contributed by atoms with Crippen LogP contribution in [0, 0.1) is 0 Å². The molecule has 0 heterocycles. The van der Waals surface area contributed by atoms with E-state index >= 15 is 0 Å². The normalized spacial score (nSPS) is 8.13. The fourth-order valence-corrected chi connectivity index (χ4v) is 1.32. The molecule has 0 spiro atoms. The molecule has 0 bridgehead atoms. The van der Waals surface area contributed by atoms with E-state index in [0.717, 1.165) is 6.54 Å². The summed E-state index contributed by atoms with van der Waals surface area (Å²) in [7, 11) is 1.97. The van der Waals surface area contributed by atoms with Gasteiger partial charge < -0.3 is 5.32 Å². The summed E-state index contributed by atoms with van der Waals surface area (Å²) in [5.74, 6) is 0. The molecule has 0 aromatic heterocycles. The lowest BCUT2D eigenvalue weighted by molar-refractivity contribution is 0.816. The molecule has 0 aliphatic rings. The van der Waals surface area contributed by atoms with E-state index in [1.807, 2.05) is 7.05 Å². The average molecular weight is 211 g/mol. The summed E-state index contributed by atoms with van der Waals surface area (Å²) in [5, 5.41) is 3.14. The van der Waals surface area contributed by atoms with E-state index in [4.69, 9.17) is 0 Å². The summed E-state index contributed by atoms with van der Waals surface area (Å²) in [5.41, 5.74) is 2.80. The van der Waals surface area contributed by atoms with Gasteiger partial charge in [0, 0.05) is 6.54 Å². The van der Waals surface area contributed by atoms with Crippen molar-refractivity contribution in [3.63, 3.8) is 0 Å². The summed E-state index contributed by atoms with van der Waals surface area (Å²) < 4.78 is 0. The van der Waals surface area contributed by atoms with Gasteiger partial charge in [0.2, 0.25) is 0 Å². The number of hydrogen-bond acceptors (Lipinski definition) is 1. The zero-order valence-electron chi connectivity index (χ0n) is 7.93. The van der Waals surface area contributed by atoms with Crippen LogP contribution in [0.2, 0.25) is 0 Å². The smallest absolute Gasteiger partial charge is 0.0202 e. The third-order valence-corrected chi connectivity index (χ3v) is 1.94. The Bertz CT molecular complexity index is 188. The highest BCUT2D eigenvalue weighted by molar-refractivity contribution is 5.22. The molecule has 1 nitrogen and oxygen atoms in total. The first-order valence-electron chi connectivity index (χ1n) is 4.59. The van der Waals surface area contributed by atoms with Crippen molar-refractivity contribution in [2.45, 2.75) is 48.6 Å². The second kappa shape index (κ2) is 11.3. The second-order valence-electron chi connectivity index (χ2n) is 3.10. The van der Waals surface area contributed by atoms with Crippen LogP contribution in [-0.2, 0) is 13.0 Å². The van der Waals surface area contributed by atoms with Gasteiger partial charge in [-0.2, -0.15) is 0 Å². The number of hydrogen-bond donors (Lipinski definition) is 1. The van der Waals surface area contributed by atoms with Crippen LogP contribution in [0.3, 0.4) is 0 Å². The summed E-state index contributed by atoms with van der Waals surface area (Å²) in [4.78, 5) is 0. The lowest BCUT2D eigenvalue weighted by atomic mass is 10.1. The van der Waals surface area contributed by atoms with E-state index in [-0.39, 0.29) is 22.3 Å². The molecule has 1 rings (SSSR count). The van der Waals surface area contributed by atoms with Crippen molar-refractivity contribution in [1.29, 1.82) is 0 Å². The molecule has 1 aromatic rings. The fraction of sp³-hybridized carbons (Fsp3) is 0.571. The van der Waals surface area contributed by atoms with Crippen molar-refractivity contribution < 1.29 is 0 Å². The molecule has 1 N–H and O–H groups in total. The highest BCUT2D eigenvalue weighted by Gasteiger charge is 1.91. The highest BCUT2D eigenvalue weighted by atomic mass is 14.8. The van der Waals surface area contributed by atoms with Crippen LogP contribution in [0.15, 0.2) is 24.3 Å². The number of nitrogens with one attached hydrogen (secondary N) is 1. The molecule has 15 heavy (non-hydrogen) atoms. The van der Waals surface area contributed by atoms with Crippen LogP contribution >= 0.6 is 0 Å². The zero-order chi connectivity index (χ0) is 8.81. The van der Waals surface area contributed by atoms with E-state index in [1.54, 1.807) is 0 Å². The lowest BCUT2D eigenvalue weighted by Gasteiger charge is -2.01. The molecule has 0 saturated heterocycles. The summed E-state index contributed by atoms with van der Waals surface area (Å²) in [6, 6.07) is 8.83. The minimum atomic E-state index is 0. The Morgan fingerprint density at radius 3 is 1.80 bits per heavy atom. The van der Waals surface area contributed by atoms with Gasteiger partial charge in [-0.1, -0.05) is 59.9 Å². The Labute approximate surface area is 96.9 Å². The van der Waals surface area contributed by atoms with E-state index in [0.29, 0.717) is 0 Å². The van der Waals surface area contributed by atoms with Crippen molar-refractivity contribution in [1.82, 2.24) is 5.32 Å². The molecule has 0 saturated carbocycles. The first kappa shape index (κ1) is 19.7. The average Bonchev–Trinajstić information content (AvgIpc) is 2.09. The molecule has 0 radical (unpaired) electrons. The van der Waals surface area contributed by atoms with Gasteiger partial charge in [0.1, 0.15) is 0 Å². The molecule has 0 aliphatic heterocycles. The van der Waals surface area contributed by atoms with Gasteiger partial charge in [0.15, 0.2) is 0 Å². The van der Waals surface area contributed by atoms with Crippen molar-refractivity contribution >= 4 is 0 Å². The quantitative estimate of drug-likeness (QED) is 0.784. The molecule has 0 atom stereocenters. The minimum absolute atomic E-state index is 0. The Kier molecular flexibility index (Phi) is 14.8. The zero-order valence-corrected chi connectivity index (χ0v) is 7.93. The molecule has 1 aromatic carbocycles. The molecular weight excluding hydrogens is 182 g/mol. The third kappa shape index (κ3) is 7.15. The molecule has 90 valence electrons. The van der Waals surface area contributed by atoms with Gasteiger partial charge in [0.05, 0.1) is 0 Å². The largest absolute Gasteiger partial charge is 0.316 e. The molecule has 0 amide bonds. The van der Waals surface area contributed by atoms with Crippen molar-refractivity contribution in [3.05, 3.63) is 35.4 Å². The van der Waals surface area contributed by atoms with Gasteiger partial charge in [-0.05, 0) is 24.6 Å². The van der Waals surface area contributed by atoms with Crippen molar-refractivity contribution in [2.24, 2.45) is 0 Å². The van der Waals surface area contributed by atoms with Crippen LogP contribution in [-0.4, -0.2) is 7.05 Å². The van der Waals surface area contributed by atoms with E-state index < -0.39 is 0 Å². The fourth-order valence-electron chi connectivity index (χ4n) is 1.32. The topological polar surface area (TPSA) is 12.0 Å². The van der Waals surface area contributed by atoms with E-state index in [2.05, 4.69) is 36.5 Å². The van der Waals surface area contributed by atoms with Crippen LogP contribution < -0.4 is 5.32 Å². The van der Waals surface area contributed by atoms with Crippen LogP contribution in [0.1, 0.15) is 46.8 Å². The lowest BCUT2D eigenvalue weighted by Crippen LogP contribution is -2.04. The molecule has 0 unspecified atom stereocenters. The maximum Gasteiger partial charge on any atom is 0.0202 e. The molecule has 0 fully saturated rings. The first-order chi connectivity index (χ1) is 5.86. The summed E-state index contributed by atoms with van der Waals surface area (Å²) >= 11 is 0. The van der Waals surface area contributed by atoms with Gasteiger partial charge in [-0.25, -0.2) is 0 Å². The third-order valence-electron chi connectivity index (χ3n) is 1.94. The standard InChI is InChI=1S/C11H17N.3CH4/c1-3-4-10-5-7-11(8-6-10)9-12-2;;;/h5-8,12H,3-4,9H2,1-2H3;3*1H4. The number of benzene rings is 1. The Morgan fingerprint density at radius 1 is 0.933 bits per heavy atom. The number of rotatable bonds is 4. The van der Waals surface area contributed by atoms with Crippen LogP contribution in [0.25, 0.3) is 0 Å². The minimum Gasteiger partial charge on any atom is -0.316 e. The molecule has 0 aliphatic carbocycles. The molecular formula is C14H29N. The SMILES string of the molecule is C.C.C.CCCc1ccc(CNC)cc1. The van der Waals surface area contributed by atoms with Crippen molar-refractivity contribution in [2.75, 3.05) is 7.05 Å². The van der Waals surface area contributed by atoms with Gasteiger partial charge >= 0.3 is 0 Å². The predicted molar refractivity (Wildman–Crippen MR) is 73.4 cm³/mol.